The first kappa shape index (κ1) is 13.7. The van der Waals surface area contributed by atoms with Gasteiger partial charge in [-0.15, -0.1) is 0 Å². The number of nitrogens with two attached hydrogens (primary N) is 1. The molecule has 0 aliphatic rings. The molecule has 0 aliphatic carbocycles. The highest BCUT2D eigenvalue weighted by Gasteiger charge is 2.12. The number of anilines is 2. The van der Waals surface area contributed by atoms with Gasteiger partial charge in [-0.05, 0) is 48.9 Å². The minimum atomic E-state index is -0.283. The van der Waals surface area contributed by atoms with E-state index in [4.69, 9.17) is 28.9 Å². The van der Waals surface area contributed by atoms with Gasteiger partial charge in [-0.1, -0.05) is 23.2 Å². The summed E-state index contributed by atoms with van der Waals surface area (Å²) >= 11 is 11.8. The topological polar surface area (TPSA) is 55.1 Å². The van der Waals surface area contributed by atoms with Crippen LogP contribution in [0.3, 0.4) is 0 Å². The van der Waals surface area contributed by atoms with Crippen LogP contribution < -0.4 is 11.1 Å². The van der Waals surface area contributed by atoms with E-state index in [-0.39, 0.29) is 5.91 Å². The Balaban J connectivity index is 2.25. The highest BCUT2D eigenvalue weighted by molar-refractivity contribution is 6.37. The predicted octanol–water partition coefficient (Wildman–Crippen LogP) is 4.14. The Morgan fingerprint density at radius 1 is 1.16 bits per heavy atom. The molecule has 5 heteroatoms. The first-order chi connectivity index (χ1) is 8.97. The largest absolute Gasteiger partial charge is 0.399 e. The van der Waals surface area contributed by atoms with Crippen LogP contribution >= 0.6 is 23.2 Å². The molecule has 0 aromatic heterocycles. The van der Waals surface area contributed by atoms with E-state index in [1.54, 1.807) is 30.3 Å². The SMILES string of the molecule is Cc1cc(N)ccc1NC(=O)c1ccc(Cl)cc1Cl. The fourth-order valence-electron chi connectivity index (χ4n) is 1.69. The molecule has 98 valence electrons. The minimum Gasteiger partial charge on any atom is -0.399 e. The summed E-state index contributed by atoms with van der Waals surface area (Å²) in [6, 6.07) is 10.0. The lowest BCUT2D eigenvalue weighted by atomic mass is 10.1. The molecule has 2 aromatic rings. The van der Waals surface area contributed by atoms with Gasteiger partial charge in [0.05, 0.1) is 10.6 Å². The van der Waals surface area contributed by atoms with Gasteiger partial charge < -0.3 is 11.1 Å². The van der Waals surface area contributed by atoms with Crippen molar-refractivity contribution in [2.75, 3.05) is 11.1 Å². The monoisotopic (exact) mass is 294 g/mol. The molecule has 0 atom stereocenters. The fourth-order valence-corrected chi connectivity index (χ4v) is 2.18. The van der Waals surface area contributed by atoms with E-state index in [0.29, 0.717) is 27.0 Å². The maximum Gasteiger partial charge on any atom is 0.257 e. The Labute approximate surface area is 121 Å². The molecule has 0 saturated carbocycles. The van der Waals surface area contributed by atoms with Crippen LogP contribution in [0.2, 0.25) is 10.0 Å². The quantitative estimate of drug-likeness (QED) is 0.818. The molecule has 0 aliphatic heterocycles. The van der Waals surface area contributed by atoms with Gasteiger partial charge in [-0.2, -0.15) is 0 Å². The Morgan fingerprint density at radius 3 is 2.53 bits per heavy atom. The molecule has 0 fully saturated rings. The number of nitrogen functional groups attached to an aromatic ring is 1. The van der Waals surface area contributed by atoms with Crippen molar-refractivity contribution in [2.24, 2.45) is 0 Å². The zero-order valence-electron chi connectivity index (χ0n) is 10.2. The number of amides is 1. The second-order valence-corrected chi connectivity index (χ2v) is 5.00. The number of halogens is 2. The lowest BCUT2D eigenvalue weighted by molar-refractivity contribution is 0.102. The second-order valence-electron chi connectivity index (χ2n) is 4.15. The van der Waals surface area contributed by atoms with Crippen molar-refractivity contribution in [1.82, 2.24) is 0 Å². The molecular weight excluding hydrogens is 283 g/mol. The van der Waals surface area contributed by atoms with E-state index in [1.807, 2.05) is 6.92 Å². The molecule has 2 aromatic carbocycles. The first-order valence-electron chi connectivity index (χ1n) is 5.60. The van der Waals surface area contributed by atoms with Gasteiger partial charge in [0.2, 0.25) is 0 Å². The van der Waals surface area contributed by atoms with Gasteiger partial charge in [0.25, 0.3) is 5.91 Å². The lowest BCUT2D eigenvalue weighted by Gasteiger charge is -2.10. The smallest absolute Gasteiger partial charge is 0.257 e. The summed E-state index contributed by atoms with van der Waals surface area (Å²) in [7, 11) is 0. The third-order valence-electron chi connectivity index (χ3n) is 2.67. The minimum absolute atomic E-state index is 0.283. The molecule has 0 heterocycles. The summed E-state index contributed by atoms with van der Waals surface area (Å²) < 4.78 is 0. The molecule has 2 rings (SSSR count). The van der Waals surface area contributed by atoms with Crippen molar-refractivity contribution in [3.05, 3.63) is 57.6 Å². The van der Waals surface area contributed by atoms with Crippen LogP contribution in [0.25, 0.3) is 0 Å². The molecule has 0 saturated heterocycles. The van der Waals surface area contributed by atoms with E-state index in [1.165, 1.54) is 6.07 Å². The number of carbonyl (C=O) groups is 1. The van der Waals surface area contributed by atoms with Crippen molar-refractivity contribution in [2.45, 2.75) is 6.92 Å². The van der Waals surface area contributed by atoms with Gasteiger partial charge in [0.15, 0.2) is 0 Å². The van der Waals surface area contributed by atoms with Gasteiger partial charge in [-0.3, -0.25) is 4.79 Å². The zero-order valence-corrected chi connectivity index (χ0v) is 11.7. The maximum absolute atomic E-state index is 12.1. The van der Waals surface area contributed by atoms with E-state index >= 15 is 0 Å². The van der Waals surface area contributed by atoms with Crippen LogP contribution in [0.4, 0.5) is 11.4 Å². The zero-order chi connectivity index (χ0) is 14.0. The molecule has 3 nitrogen and oxygen atoms in total. The van der Waals surface area contributed by atoms with Crippen molar-refractivity contribution in [1.29, 1.82) is 0 Å². The average Bonchev–Trinajstić information content (AvgIpc) is 2.32. The summed E-state index contributed by atoms with van der Waals surface area (Å²) in [4.78, 5) is 12.1. The highest BCUT2D eigenvalue weighted by Crippen LogP contribution is 2.23. The number of nitrogens with one attached hydrogen (secondary N) is 1. The normalized spacial score (nSPS) is 10.3. The first-order valence-corrected chi connectivity index (χ1v) is 6.35. The summed E-state index contributed by atoms with van der Waals surface area (Å²) in [5.74, 6) is -0.283. The Hall–Kier alpha value is -1.71. The number of carbonyl (C=O) groups excluding carboxylic acids is 1. The van der Waals surface area contributed by atoms with Gasteiger partial charge in [-0.25, -0.2) is 0 Å². The van der Waals surface area contributed by atoms with Crippen LogP contribution in [0, 0.1) is 6.92 Å². The Bertz CT molecular complexity index is 641. The summed E-state index contributed by atoms with van der Waals surface area (Å²) in [5.41, 5.74) is 8.28. The van der Waals surface area contributed by atoms with Gasteiger partial charge in [0, 0.05) is 16.4 Å². The fraction of sp³-hybridized carbons (Fsp3) is 0.0714. The van der Waals surface area contributed by atoms with Crippen molar-refractivity contribution in [3.8, 4) is 0 Å². The lowest BCUT2D eigenvalue weighted by Crippen LogP contribution is -2.13. The maximum atomic E-state index is 12.1. The third-order valence-corrected chi connectivity index (χ3v) is 3.22. The van der Waals surface area contributed by atoms with E-state index in [2.05, 4.69) is 5.32 Å². The number of aryl methyl sites for hydroxylation is 1. The number of benzene rings is 2. The van der Waals surface area contributed by atoms with Crippen LogP contribution in [0.15, 0.2) is 36.4 Å². The highest BCUT2D eigenvalue weighted by atomic mass is 35.5. The average molecular weight is 295 g/mol. The summed E-state index contributed by atoms with van der Waals surface area (Å²) in [6.45, 7) is 1.87. The van der Waals surface area contributed by atoms with Gasteiger partial charge >= 0.3 is 0 Å². The van der Waals surface area contributed by atoms with E-state index in [9.17, 15) is 4.79 Å². The van der Waals surface area contributed by atoms with Crippen molar-refractivity contribution >= 4 is 40.5 Å². The number of rotatable bonds is 2. The molecule has 0 unspecified atom stereocenters. The van der Waals surface area contributed by atoms with Crippen molar-refractivity contribution in [3.63, 3.8) is 0 Å². The summed E-state index contributed by atoms with van der Waals surface area (Å²) in [6.07, 6.45) is 0. The third kappa shape index (κ3) is 3.19. The predicted molar refractivity (Wildman–Crippen MR) is 80.0 cm³/mol. The van der Waals surface area contributed by atoms with E-state index in [0.717, 1.165) is 5.56 Å². The van der Waals surface area contributed by atoms with Crippen LogP contribution in [0.5, 0.6) is 0 Å². The van der Waals surface area contributed by atoms with Crippen LogP contribution in [-0.4, -0.2) is 5.91 Å². The molecule has 0 spiro atoms. The van der Waals surface area contributed by atoms with Crippen molar-refractivity contribution < 1.29 is 4.79 Å². The Morgan fingerprint density at radius 2 is 1.89 bits per heavy atom. The number of hydrogen-bond donors (Lipinski definition) is 2. The van der Waals surface area contributed by atoms with Crippen LogP contribution in [-0.2, 0) is 0 Å². The molecular formula is C14H12Cl2N2O. The molecule has 1 amide bonds. The summed E-state index contributed by atoms with van der Waals surface area (Å²) in [5, 5.41) is 3.60. The van der Waals surface area contributed by atoms with Gasteiger partial charge in [0.1, 0.15) is 0 Å². The standard InChI is InChI=1S/C14H12Cl2N2O/c1-8-6-10(17)3-5-13(8)18-14(19)11-4-2-9(15)7-12(11)16/h2-7H,17H2,1H3,(H,18,19). The van der Waals surface area contributed by atoms with Crippen LogP contribution in [0.1, 0.15) is 15.9 Å². The second kappa shape index (κ2) is 5.51. The Kier molecular flexibility index (Phi) is 3.98. The molecule has 0 radical (unpaired) electrons. The van der Waals surface area contributed by atoms with E-state index < -0.39 is 0 Å². The molecule has 19 heavy (non-hydrogen) atoms. The number of hydrogen-bond acceptors (Lipinski definition) is 2. The molecule has 0 bridgehead atoms. The molecule has 3 N–H and O–H groups in total.